The summed E-state index contributed by atoms with van der Waals surface area (Å²) in [6.45, 7) is 5.40. The monoisotopic (exact) mass is 321 g/mol. The SMILES string of the molecule is COC(=O)[C@@]1(Cl)[C@H]2C(=O)N(c3ccc(C)c(C)c3)C(=O)[C@]21C. The molecular formula is C16H16ClNO4. The second kappa shape index (κ2) is 4.32. The van der Waals surface area contributed by atoms with Crippen molar-refractivity contribution in [3.63, 3.8) is 0 Å². The van der Waals surface area contributed by atoms with Crippen molar-refractivity contribution in [2.45, 2.75) is 25.6 Å². The minimum Gasteiger partial charge on any atom is -0.468 e. The lowest BCUT2D eigenvalue weighted by Crippen LogP contribution is -2.43. The van der Waals surface area contributed by atoms with Crippen LogP contribution in [0.15, 0.2) is 18.2 Å². The number of nitrogens with zero attached hydrogens (tertiary/aromatic N) is 1. The van der Waals surface area contributed by atoms with Crippen molar-refractivity contribution in [2.75, 3.05) is 12.0 Å². The number of hydrogen-bond acceptors (Lipinski definition) is 4. The van der Waals surface area contributed by atoms with Crippen LogP contribution in [0.5, 0.6) is 0 Å². The van der Waals surface area contributed by atoms with Gasteiger partial charge in [-0.3, -0.25) is 14.4 Å². The fourth-order valence-corrected chi connectivity index (χ4v) is 3.84. The Bertz CT molecular complexity index is 731. The molecule has 6 heteroatoms. The number of carbonyl (C=O) groups excluding carboxylic acids is 3. The number of halogens is 1. The number of methoxy groups -OCH3 is 1. The van der Waals surface area contributed by atoms with Gasteiger partial charge in [-0.25, -0.2) is 4.90 Å². The maximum absolute atomic E-state index is 12.7. The molecule has 22 heavy (non-hydrogen) atoms. The Hall–Kier alpha value is -1.88. The molecule has 0 N–H and O–H groups in total. The second-order valence-corrected chi connectivity index (χ2v) is 6.68. The number of amides is 2. The van der Waals surface area contributed by atoms with Gasteiger partial charge in [-0.05, 0) is 44.0 Å². The fraction of sp³-hybridized carbons (Fsp3) is 0.438. The molecule has 3 rings (SSSR count). The van der Waals surface area contributed by atoms with Gasteiger partial charge in [0.05, 0.1) is 24.1 Å². The van der Waals surface area contributed by atoms with E-state index >= 15 is 0 Å². The van der Waals surface area contributed by atoms with Gasteiger partial charge in [0.1, 0.15) is 0 Å². The minimum absolute atomic E-state index is 0.448. The molecule has 1 heterocycles. The molecule has 2 fully saturated rings. The number of benzene rings is 1. The van der Waals surface area contributed by atoms with Gasteiger partial charge in [0.15, 0.2) is 4.87 Å². The second-order valence-electron chi connectivity index (χ2n) is 6.09. The number of rotatable bonds is 2. The number of imide groups is 1. The Morgan fingerprint density at radius 1 is 1.27 bits per heavy atom. The first kappa shape index (κ1) is 15.0. The molecule has 0 bridgehead atoms. The van der Waals surface area contributed by atoms with Gasteiger partial charge in [0, 0.05) is 0 Å². The first-order valence-corrected chi connectivity index (χ1v) is 7.32. The maximum atomic E-state index is 12.7. The van der Waals surface area contributed by atoms with Gasteiger partial charge in [-0.2, -0.15) is 0 Å². The number of alkyl halides is 1. The molecule has 1 aromatic carbocycles. The lowest BCUT2D eigenvalue weighted by molar-refractivity contribution is -0.144. The molecule has 2 amide bonds. The first-order valence-electron chi connectivity index (χ1n) is 6.94. The van der Waals surface area contributed by atoms with Gasteiger partial charge in [0.25, 0.3) is 0 Å². The highest BCUT2D eigenvalue weighted by Crippen LogP contribution is 2.71. The summed E-state index contributed by atoms with van der Waals surface area (Å²) in [5, 5.41) is 0. The standard InChI is InChI=1S/C16H16ClNO4/c1-8-5-6-10(7-9(8)2)18-12(19)11-15(3,13(18)20)16(11,17)14(21)22-4/h5-7,11H,1-4H3/t11-,15-,16-/m0/s1. The number of fused-ring (bicyclic) bond motifs is 1. The average molecular weight is 322 g/mol. The summed E-state index contributed by atoms with van der Waals surface area (Å²) < 4.78 is 4.66. The number of esters is 1. The molecule has 0 aromatic heterocycles. The highest BCUT2D eigenvalue weighted by atomic mass is 35.5. The van der Waals surface area contributed by atoms with Gasteiger partial charge in [0.2, 0.25) is 11.8 Å². The van der Waals surface area contributed by atoms with Crippen LogP contribution < -0.4 is 4.90 Å². The van der Waals surface area contributed by atoms with Crippen LogP contribution in [-0.4, -0.2) is 29.8 Å². The van der Waals surface area contributed by atoms with E-state index in [0.717, 1.165) is 16.0 Å². The minimum atomic E-state index is -1.58. The number of ether oxygens (including phenoxy) is 1. The lowest BCUT2D eigenvalue weighted by Gasteiger charge is -2.23. The third kappa shape index (κ3) is 1.47. The van der Waals surface area contributed by atoms with E-state index in [9.17, 15) is 14.4 Å². The molecular weight excluding hydrogens is 306 g/mol. The highest BCUT2D eigenvalue weighted by molar-refractivity contribution is 6.48. The molecule has 1 aliphatic carbocycles. The van der Waals surface area contributed by atoms with Crippen molar-refractivity contribution >= 4 is 35.1 Å². The van der Waals surface area contributed by atoms with Gasteiger partial charge in [-0.15, -0.1) is 11.6 Å². The molecule has 1 saturated heterocycles. The van der Waals surface area contributed by atoms with E-state index in [1.54, 1.807) is 19.1 Å². The van der Waals surface area contributed by atoms with Crippen LogP contribution in [-0.2, 0) is 19.1 Å². The van der Waals surface area contributed by atoms with Crippen LogP contribution in [0.4, 0.5) is 5.69 Å². The molecule has 5 nitrogen and oxygen atoms in total. The van der Waals surface area contributed by atoms with Crippen molar-refractivity contribution in [3.8, 4) is 0 Å². The third-order valence-electron chi connectivity index (χ3n) is 4.99. The summed E-state index contributed by atoms with van der Waals surface area (Å²) >= 11 is 6.26. The Kier molecular flexibility index (Phi) is 2.95. The van der Waals surface area contributed by atoms with Crippen molar-refractivity contribution < 1.29 is 19.1 Å². The quantitative estimate of drug-likeness (QED) is 0.474. The summed E-state index contributed by atoms with van der Waals surface area (Å²) in [5.41, 5.74) is 1.32. The molecule has 1 saturated carbocycles. The summed E-state index contributed by atoms with van der Waals surface area (Å²) in [6.07, 6.45) is 0. The molecule has 3 atom stereocenters. The van der Waals surface area contributed by atoms with E-state index in [1.165, 1.54) is 7.11 Å². The normalized spacial score (nSPS) is 33.0. The van der Waals surface area contributed by atoms with E-state index in [-0.39, 0.29) is 0 Å². The van der Waals surface area contributed by atoms with Crippen LogP contribution in [0.1, 0.15) is 18.1 Å². The van der Waals surface area contributed by atoms with Crippen molar-refractivity contribution in [3.05, 3.63) is 29.3 Å². The van der Waals surface area contributed by atoms with Crippen LogP contribution >= 0.6 is 11.6 Å². The molecule has 1 aromatic rings. The van der Waals surface area contributed by atoms with E-state index in [4.69, 9.17) is 11.6 Å². The highest BCUT2D eigenvalue weighted by Gasteiger charge is 2.90. The van der Waals surface area contributed by atoms with Crippen molar-refractivity contribution in [1.82, 2.24) is 0 Å². The Morgan fingerprint density at radius 3 is 2.36 bits per heavy atom. The zero-order chi connectivity index (χ0) is 16.4. The molecule has 0 unspecified atom stereocenters. The van der Waals surface area contributed by atoms with E-state index in [0.29, 0.717) is 5.69 Å². The van der Waals surface area contributed by atoms with Crippen LogP contribution in [0, 0.1) is 25.2 Å². The Labute approximate surface area is 133 Å². The average Bonchev–Trinajstić information content (AvgIpc) is 2.91. The van der Waals surface area contributed by atoms with Crippen molar-refractivity contribution in [2.24, 2.45) is 11.3 Å². The molecule has 2 aliphatic rings. The first-order chi connectivity index (χ1) is 10.2. The predicted octanol–water partition coefficient (Wildman–Crippen LogP) is 1.96. The topological polar surface area (TPSA) is 63.7 Å². The van der Waals surface area contributed by atoms with Gasteiger partial charge < -0.3 is 4.74 Å². The number of piperidine rings is 1. The number of anilines is 1. The predicted molar refractivity (Wildman–Crippen MR) is 80.6 cm³/mol. The number of aryl methyl sites for hydroxylation is 2. The number of carbonyl (C=O) groups is 3. The summed E-state index contributed by atoms with van der Waals surface area (Å²) in [7, 11) is 1.19. The third-order valence-corrected chi connectivity index (χ3v) is 5.76. The smallest absolute Gasteiger partial charge is 0.328 e. The van der Waals surface area contributed by atoms with E-state index < -0.39 is 34.0 Å². The lowest BCUT2D eigenvalue weighted by atomic mass is 10.0. The van der Waals surface area contributed by atoms with Gasteiger partial charge in [-0.1, -0.05) is 6.07 Å². The van der Waals surface area contributed by atoms with Crippen LogP contribution in [0.3, 0.4) is 0 Å². The summed E-state index contributed by atoms with van der Waals surface area (Å²) in [5.74, 6) is -2.51. The molecule has 1 aliphatic heterocycles. The zero-order valence-electron chi connectivity index (χ0n) is 12.8. The number of hydrogen-bond donors (Lipinski definition) is 0. The van der Waals surface area contributed by atoms with Crippen LogP contribution in [0.2, 0.25) is 0 Å². The Morgan fingerprint density at radius 2 is 1.91 bits per heavy atom. The fourth-order valence-electron chi connectivity index (χ4n) is 3.32. The van der Waals surface area contributed by atoms with E-state index in [1.807, 2.05) is 19.9 Å². The molecule has 116 valence electrons. The maximum Gasteiger partial charge on any atom is 0.328 e. The zero-order valence-corrected chi connectivity index (χ0v) is 13.5. The van der Waals surface area contributed by atoms with Gasteiger partial charge >= 0.3 is 5.97 Å². The summed E-state index contributed by atoms with van der Waals surface area (Å²) in [4.78, 5) is 36.8. The molecule has 0 radical (unpaired) electrons. The van der Waals surface area contributed by atoms with Crippen molar-refractivity contribution in [1.29, 1.82) is 0 Å². The van der Waals surface area contributed by atoms with E-state index in [2.05, 4.69) is 4.74 Å². The molecule has 0 spiro atoms. The Balaban J connectivity index is 2.01. The summed E-state index contributed by atoms with van der Waals surface area (Å²) in [6, 6.07) is 5.36. The largest absolute Gasteiger partial charge is 0.468 e. The van der Waals surface area contributed by atoms with Crippen LogP contribution in [0.25, 0.3) is 0 Å².